The molecule has 0 aliphatic carbocycles. The van der Waals surface area contributed by atoms with Crippen molar-refractivity contribution in [2.75, 3.05) is 0 Å². The van der Waals surface area contributed by atoms with Gasteiger partial charge in [0.1, 0.15) is 11.5 Å². The predicted octanol–water partition coefficient (Wildman–Crippen LogP) is 7.30. The van der Waals surface area contributed by atoms with E-state index < -0.39 is 11.9 Å². The van der Waals surface area contributed by atoms with Crippen molar-refractivity contribution in [3.63, 3.8) is 0 Å². The Morgan fingerprint density at radius 3 is 1.21 bits per heavy atom. The minimum Gasteiger partial charge on any atom is -0.423 e. The van der Waals surface area contributed by atoms with Crippen LogP contribution in [0.5, 0.6) is 11.5 Å². The standard InChI is InChI=1S/C30H34O4/c1-5-21(3)19-23-7-11-25(12-8-23)29(31)33-27-15-17-28(18-16-27)34-30(32)26-13-9-24(10-14-26)20-22(4)6-2/h7-18,21-22H,5-6,19-20H2,1-4H3. The minimum atomic E-state index is -0.419. The fourth-order valence-electron chi connectivity index (χ4n) is 3.55. The minimum absolute atomic E-state index is 0.392. The third-order valence-electron chi connectivity index (χ3n) is 6.19. The van der Waals surface area contributed by atoms with Gasteiger partial charge in [-0.1, -0.05) is 64.8 Å². The molecule has 0 heterocycles. The molecule has 0 aliphatic rings. The molecule has 178 valence electrons. The Morgan fingerprint density at radius 1 is 0.588 bits per heavy atom. The topological polar surface area (TPSA) is 52.6 Å². The molecule has 0 aliphatic heterocycles. The lowest BCUT2D eigenvalue weighted by Crippen LogP contribution is -2.10. The van der Waals surface area contributed by atoms with Gasteiger partial charge in [0.2, 0.25) is 0 Å². The van der Waals surface area contributed by atoms with Crippen LogP contribution in [0.3, 0.4) is 0 Å². The summed E-state index contributed by atoms with van der Waals surface area (Å²) < 4.78 is 10.9. The van der Waals surface area contributed by atoms with Crippen LogP contribution in [-0.2, 0) is 12.8 Å². The zero-order valence-electron chi connectivity index (χ0n) is 20.5. The lowest BCUT2D eigenvalue weighted by molar-refractivity contribution is 0.0719. The monoisotopic (exact) mass is 458 g/mol. The fourth-order valence-corrected chi connectivity index (χ4v) is 3.55. The molecular formula is C30H34O4. The van der Waals surface area contributed by atoms with Crippen LogP contribution < -0.4 is 9.47 Å². The summed E-state index contributed by atoms with van der Waals surface area (Å²) in [5, 5.41) is 0. The zero-order chi connectivity index (χ0) is 24.5. The maximum Gasteiger partial charge on any atom is 0.343 e. The second kappa shape index (κ2) is 12.2. The summed E-state index contributed by atoms with van der Waals surface area (Å²) in [6.07, 6.45) is 4.24. The second-order valence-corrected chi connectivity index (χ2v) is 9.08. The molecule has 0 amide bonds. The Bertz CT molecular complexity index is 978. The van der Waals surface area contributed by atoms with E-state index in [2.05, 4.69) is 27.7 Å². The molecule has 4 heteroatoms. The SMILES string of the molecule is CCC(C)Cc1ccc(C(=O)Oc2ccc(OC(=O)c3ccc(CC(C)CC)cc3)cc2)cc1. The van der Waals surface area contributed by atoms with E-state index in [9.17, 15) is 9.59 Å². The number of ether oxygens (including phenoxy) is 2. The van der Waals surface area contributed by atoms with E-state index in [0.717, 1.165) is 25.7 Å². The van der Waals surface area contributed by atoms with Gasteiger partial charge in [0.25, 0.3) is 0 Å². The van der Waals surface area contributed by atoms with E-state index in [1.165, 1.54) is 11.1 Å². The van der Waals surface area contributed by atoms with Crippen LogP contribution in [0.1, 0.15) is 72.4 Å². The fraction of sp³-hybridized carbons (Fsp3) is 0.333. The summed E-state index contributed by atoms with van der Waals surface area (Å²) in [6, 6.07) is 21.6. The van der Waals surface area contributed by atoms with Gasteiger partial charge in [-0.3, -0.25) is 0 Å². The van der Waals surface area contributed by atoms with Gasteiger partial charge >= 0.3 is 11.9 Å². The number of benzene rings is 3. The Balaban J connectivity index is 1.54. The molecule has 0 radical (unpaired) electrons. The summed E-state index contributed by atoms with van der Waals surface area (Å²) in [6.45, 7) is 8.78. The van der Waals surface area contributed by atoms with Crippen LogP contribution >= 0.6 is 0 Å². The molecule has 0 spiro atoms. The summed E-state index contributed by atoms with van der Waals surface area (Å²) in [5.74, 6) is 1.17. The van der Waals surface area contributed by atoms with Gasteiger partial charge in [-0.25, -0.2) is 9.59 Å². The Morgan fingerprint density at radius 2 is 0.912 bits per heavy atom. The molecule has 0 N–H and O–H groups in total. The highest BCUT2D eigenvalue weighted by Crippen LogP contribution is 2.21. The van der Waals surface area contributed by atoms with Gasteiger partial charge in [0.15, 0.2) is 0 Å². The molecule has 0 fully saturated rings. The molecule has 0 saturated heterocycles. The van der Waals surface area contributed by atoms with Crippen molar-refractivity contribution in [1.29, 1.82) is 0 Å². The molecule has 3 aromatic carbocycles. The first kappa shape index (κ1) is 25.2. The van der Waals surface area contributed by atoms with Gasteiger partial charge in [0, 0.05) is 0 Å². The van der Waals surface area contributed by atoms with Gasteiger partial charge in [-0.15, -0.1) is 0 Å². The molecule has 0 aromatic heterocycles. The smallest absolute Gasteiger partial charge is 0.343 e. The van der Waals surface area contributed by atoms with E-state index >= 15 is 0 Å². The molecular weight excluding hydrogens is 424 g/mol. The maximum atomic E-state index is 12.5. The van der Waals surface area contributed by atoms with Crippen LogP contribution in [0.25, 0.3) is 0 Å². The van der Waals surface area contributed by atoms with Crippen LogP contribution in [0.15, 0.2) is 72.8 Å². The number of hydrogen-bond donors (Lipinski definition) is 0. The molecule has 2 atom stereocenters. The van der Waals surface area contributed by atoms with Crippen LogP contribution in [0.2, 0.25) is 0 Å². The van der Waals surface area contributed by atoms with Crippen LogP contribution in [0.4, 0.5) is 0 Å². The summed E-state index contributed by atoms with van der Waals surface area (Å²) in [5.41, 5.74) is 3.42. The third kappa shape index (κ3) is 7.31. The Hall–Kier alpha value is -3.40. The molecule has 3 aromatic rings. The highest BCUT2D eigenvalue weighted by molar-refractivity contribution is 5.92. The van der Waals surface area contributed by atoms with E-state index in [4.69, 9.17) is 9.47 Å². The normalized spacial score (nSPS) is 12.6. The average Bonchev–Trinajstić information content (AvgIpc) is 2.85. The molecule has 3 rings (SSSR count). The largest absolute Gasteiger partial charge is 0.423 e. The Kier molecular flexibility index (Phi) is 9.03. The molecule has 0 bridgehead atoms. The lowest BCUT2D eigenvalue weighted by Gasteiger charge is -2.10. The van der Waals surface area contributed by atoms with Gasteiger partial charge < -0.3 is 9.47 Å². The van der Waals surface area contributed by atoms with Crippen molar-refractivity contribution in [3.8, 4) is 11.5 Å². The van der Waals surface area contributed by atoms with E-state index in [-0.39, 0.29) is 0 Å². The Labute approximate surface area is 202 Å². The summed E-state index contributed by atoms with van der Waals surface area (Å²) in [7, 11) is 0. The average molecular weight is 459 g/mol. The van der Waals surface area contributed by atoms with Crippen LogP contribution in [-0.4, -0.2) is 11.9 Å². The van der Waals surface area contributed by atoms with Crippen molar-refractivity contribution in [1.82, 2.24) is 0 Å². The number of carbonyl (C=O) groups is 2. The van der Waals surface area contributed by atoms with E-state index in [1.807, 2.05) is 24.3 Å². The highest BCUT2D eigenvalue weighted by Gasteiger charge is 2.12. The number of rotatable bonds is 10. The van der Waals surface area contributed by atoms with Crippen molar-refractivity contribution in [3.05, 3.63) is 95.1 Å². The van der Waals surface area contributed by atoms with Crippen molar-refractivity contribution >= 4 is 11.9 Å². The quantitative estimate of drug-likeness (QED) is 0.236. The second-order valence-electron chi connectivity index (χ2n) is 9.08. The number of hydrogen-bond acceptors (Lipinski definition) is 4. The zero-order valence-corrected chi connectivity index (χ0v) is 20.5. The summed E-state index contributed by atoms with van der Waals surface area (Å²) >= 11 is 0. The van der Waals surface area contributed by atoms with E-state index in [1.54, 1.807) is 48.5 Å². The molecule has 0 saturated carbocycles. The molecule has 4 nitrogen and oxygen atoms in total. The predicted molar refractivity (Wildman–Crippen MR) is 136 cm³/mol. The van der Waals surface area contributed by atoms with E-state index in [0.29, 0.717) is 34.5 Å². The van der Waals surface area contributed by atoms with Crippen molar-refractivity contribution in [2.24, 2.45) is 11.8 Å². The van der Waals surface area contributed by atoms with Gasteiger partial charge in [0.05, 0.1) is 11.1 Å². The molecule has 2 unspecified atom stereocenters. The number of carbonyl (C=O) groups excluding carboxylic acids is 2. The highest BCUT2D eigenvalue weighted by atomic mass is 16.5. The van der Waals surface area contributed by atoms with Crippen LogP contribution in [0, 0.1) is 11.8 Å². The first-order valence-corrected chi connectivity index (χ1v) is 12.1. The third-order valence-corrected chi connectivity index (χ3v) is 6.19. The maximum absolute atomic E-state index is 12.5. The first-order chi connectivity index (χ1) is 16.4. The first-order valence-electron chi connectivity index (χ1n) is 12.1. The number of esters is 2. The molecule has 34 heavy (non-hydrogen) atoms. The van der Waals surface area contributed by atoms with Gasteiger partial charge in [-0.05, 0) is 84.3 Å². The van der Waals surface area contributed by atoms with Crippen molar-refractivity contribution in [2.45, 2.75) is 53.4 Å². The van der Waals surface area contributed by atoms with Crippen molar-refractivity contribution < 1.29 is 19.1 Å². The summed E-state index contributed by atoms with van der Waals surface area (Å²) in [4.78, 5) is 24.9. The lowest BCUT2D eigenvalue weighted by atomic mass is 9.98. The van der Waals surface area contributed by atoms with Gasteiger partial charge in [-0.2, -0.15) is 0 Å².